The number of aliphatic hydroxyl groups excluding tert-OH is 1. The van der Waals surface area contributed by atoms with Crippen LogP contribution in [0.1, 0.15) is 106 Å². The van der Waals surface area contributed by atoms with Crippen LogP contribution in [0.25, 0.3) is 0 Å². The summed E-state index contributed by atoms with van der Waals surface area (Å²) in [6.45, 7) is 15.8. The molecule has 0 amide bonds. The fourth-order valence-corrected chi connectivity index (χ4v) is 10.4. The van der Waals surface area contributed by atoms with E-state index >= 15 is 0 Å². The number of carboxylic acid groups (broad SMARTS) is 1. The predicted molar refractivity (Wildman–Crippen MR) is 133 cm³/mol. The number of aliphatic hydroxyl groups is 1. The van der Waals surface area contributed by atoms with Gasteiger partial charge in [0.05, 0.1) is 11.5 Å². The van der Waals surface area contributed by atoms with Gasteiger partial charge in [-0.25, -0.2) is 0 Å². The third kappa shape index (κ3) is 2.81. The molecule has 0 unspecified atom stereocenters. The third-order valence-electron chi connectivity index (χ3n) is 13.1. The maximum Gasteiger partial charge on any atom is 0.309 e. The molecule has 0 bridgehead atoms. The molecule has 5 aliphatic carbocycles. The summed E-state index contributed by atoms with van der Waals surface area (Å²) in [4.78, 5) is 26.4. The highest BCUT2D eigenvalue weighted by Gasteiger charge is 2.70. The Balaban J connectivity index is 1.62. The minimum absolute atomic E-state index is 0.0296. The molecule has 9 atom stereocenters. The number of aliphatic carboxylic acids is 1. The number of carbonyl (C=O) groups excluding carboxylic acids is 1. The van der Waals surface area contributed by atoms with E-state index in [0.717, 1.165) is 51.4 Å². The SMILES string of the molecule is CC1(C)[C@H]2CC[C@]3(C)[C@H](C(=O)C=C4[C@H]5C[C@@](C)(C(=O)O)CC[C@]5(C)CC[C@@]43C)[C@]2(C)CC[C@@H]1O. The third-order valence-corrected chi connectivity index (χ3v) is 13.1. The van der Waals surface area contributed by atoms with Gasteiger partial charge in [-0.05, 0) is 110 Å². The van der Waals surface area contributed by atoms with Gasteiger partial charge in [0, 0.05) is 5.92 Å². The van der Waals surface area contributed by atoms with Crippen molar-refractivity contribution < 1.29 is 19.8 Å². The largest absolute Gasteiger partial charge is 0.481 e. The van der Waals surface area contributed by atoms with Crippen LogP contribution in [0.2, 0.25) is 0 Å². The highest BCUT2D eigenvalue weighted by atomic mass is 16.4. The quantitative estimate of drug-likeness (QED) is 0.464. The van der Waals surface area contributed by atoms with Gasteiger partial charge in [0.15, 0.2) is 5.78 Å². The summed E-state index contributed by atoms with van der Waals surface area (Å²) in [7, 11) is 0. The number of allylic oxidation sites excluding steroid dienone is 2. The van der Waals surface area contributed by atoms with Crippen LogP contribution in [0.5, 0.6) is 0 Å². The zero-order valence-corrected chi connectivity index (χ0v) is 22.5. The molecule has 2 N–H and O–H groups in total. The molecule has 0 radical (unpaired) electrons. The van der Waals surface area contributed by atoms with Crippen LogP contribution in [0, 0.1) is 50.2 Å². The van der Waals surface area contributed by atoms with Crippen LogP contribution in [0.4, 0.5) is 0 Å². The van der Waals surface area contributed by atoms with Crippen LogP contribution in [-0.4, -0.2) is 28.1 Å². The van der Waals surface area contributed by atoms with E-state index < -0.39 is 11.4 Å². The molecule has 0 heterocycles. The van der Waals surface area contributed by atoms with E-state index in [2.05, 4.69) is 41.5 Å². The predicted octanol–water partition coefficient (Wildman–Crippen LogP) is 6.41. The zero-order chi connectivity index (χ0) is 25.1. The Morgan fingerprint density at radius 2 is 1.56 bits per heavy atom. The molecule has 0 spiro atoms. The minimum atomic E-state index is -0.711. The second-order valence-electron chi connectivity index (χ2n) is 14.9. The molecular formula is C30H46O4. The average molecular weight is 471 g/mol. The molecule has 0 aromatic heterocycles. The summed E-state index contributed by atoms with van der Waals surface area (Å²) in [6, 6.07) is 0. The molecule has 4 fully saturated rings. The molecule has 0 saturated heterocycles. The second kappa shape index (κ2) is 6.99. The Hall–Kier alpha value is -1.16. The first-order chi connectivity index (χ1) is 15.6. The average Bonchev–Trinajstić information content (AvgIpc) is 2.73. The monoisotopic (exact) mass is 470 g/mol. The molecule has 0 aromatic carbocycles. The lowest BCUT2D eigenvalue weighted by Crippen LogP contribution is -2.66. The first-order valence-electron chi connectivity index (χ1n) is 13.7. The van der Waals surface area contributed by atoms with Crippen molar-refractivity contribution in [1.29, 1.82) is 0 Å². The smallest absolute Gasteiger partial charge is 0.309 e. The van der Waals surface area contributed by atoms with Gasteiger partial charge in [0.1, 0.15) is 0 Å². The van der Waals surface area contributed by atoms with Crippen molar-refractivity contribution in [1.82, 2.24) is 0 Å². The number of carbonyl (C=O) groups is 2. The van der Waals surface area contributed by atoms with Crippen LogP contribution < -0.4 is 0 Å². The van der Waals surface area contributed by atoms with E-state index in [1.54, 1.807) is 0 Å². The maximum atomic E-state index is 14.2. The van der Waals surface area contributed by atoms with Crippen LogP contribution >= 0.6 is 0 Å². The van der Waals surface area contributed by atoms with E-state index in [1.807, 2.05) is 13.0 Å². The van der Waals surface area contributed by atoms with Crippen molar-refractivity contribution in [2.45, 2.75) is 112 Å². The first-order valence-corrected chi connectivity index (χ1v) is 13.7. The van der Waals surface area contributed by atoms with Crippen molar-refractivity contribution in [3.8, 4) is 0 Å². The second-order valence-corrected chi connectivity index (χ2v) is 14.9. The van der Waals surface area contributed by atoms with Crippen molar-refractivity contribution in [2.75, 3.05) is 0 Å². The maximum absolute atomic E-state index is 14.2. The Bertz CT molecular complexity index is 965. The Kier molecular flexibility index (Phi) is 5.04. The Morgan fingerprint density at radius 3 is 2.21 bits per heavy atom. The van der Waals surface area contributed by atoms with Gasteiger partial charge in [-0.15, -0.1) is 0 Å². The lowest BCUT2D eigenvalue weighted by Gasteiger charge is -2.70. The lowest BCUT2D eigenvalue weighted by atomic mass is 9.33. The molecule has 5 aliphatic rings. The highest BCUT2D eigenvalue weighted by molar-refractivity contribution is 5.95. The lowest BCUT2D eigenvalue weighted by molar-refractivity contribution is -0.202. The summed E-state index contributed by atoms with van der Waals surface area (Å²) < 4.78 is 0. The highest BCUT2D eigenvalue weighted by Crippen LogP contribution is 2.75. The van der Waals surface area contributed by atoms with Crippen molar-refractivity contribution in [3.63, 3.8) is 0 Å². The molecule has 0 aromatic rings. The van der Waals surface area contributed by atoms with Gasteiger partial charge in [-0.1, -0.05) is 47.1 Å². The standard InChI is InChI=1S/C30H46O4/c1-25(2)21-8-11-30(7)23(28(21,5)10-9-22(25)32)20(31)16-18-19-17-27(4,24(33)34)13-12-26(19,3)14-15-29(18,30)6/h16,19,21-23,32H,8-15,17H2,1-7H3,(H,33,34)/t19-,21-,22+,23-,26-,27+,28-,29+,30-/m1/s1. The van der Waals surface area contributed by atoms with E-state index in [-0.39, 0.29) is 50.8 Å². The molecular weight excluding hydrogens is 424 g/mol. The summed E-state index contributed by atoms with van der Waals surface area (Å²) in [5.41, 5.74) is 0.142. The van der Waals surface area contributed by atoms with Gasteiger partial charge >= 0.3 is 5.97 Å². The molecule has 0 aliphatic heterocycles. The van der Waals surface area contributed by atoms with E-state index in [4.69, 9.17) is 0 Å². The first kappa shape index (κ1) is 24.5. The number of carboxylic acids is 1. The van der Waals surface area contributed by atoms with Gasteiger partial charge < -0.3 is 10.2 Å². The topological polar surface area (TPSA) is 74.6 Å². The number of fused-ring (bicyclic) bond motifs is 7. The van der Waals surface area contributed by atoms with E-state index in [0.29, 0.717) is 12.3 Å². The molecule has 4 heteroatoms. The Labute approximate surface area is 206 Å². The van der Waals surface area contributed by atoms with E-state index in [9.17, 15) is 19.8 Å². The summed E-state index contributed by atoms with van der Waals surface area (Å²) in [5, 5.41) is 20.9. The van der Waals surface area contributed by atoms with Crippen LogP contribution in [0.3, 0.4) is 0 Å². The number of hydrogen-bond acceptors (Lipinski definition) is 3. The zero-order valence-electron chi connectivity index (χ0n) is 22.5. The van der Waals surface area contributed by atoms with Crippen molar-refractivity contribution >= 4 is 11.8 Å². The minimum Gasteiger partial charge on any atom is -0.481 e. The van der Waals surface area contributed by atoms with Gasteiger partial charge in [-0.3, -0.25) is 9.59 Å². The summed E-state index contributed by atoms with van der Waals surface area (Å²) >= 11 is 0. The van der Waals surface area contributed by atoms with Crippen LogP contribution in [-0.2, 0) is 9.59 Å². The number of ketones is 1. The van der Waals surface area contributed by atoms with Gasteiger partial charge in [-0.2, -0.15) is 0 Å². The normalized spacial score (nSPS) is 54.1. The van der Waals surface area contributed by atoms with Crippen molar-refractivity contribution in [2.24, 2.45) is 50.2 Å². The fourth-order valence-electron chi connectivity index (χ4n) is 10.4. The fraction of sp³-hybridized carbons (Fsp3) is 0.867. The van der Waals surface area contributed by atoms with Crippen LogP contribution in [0.15, 0.2) is 11.6 Å². The van der Waals surface area contributed by atoms with E-state index in [1.165, 1.54) is 5.57 Å². The molecule has 4 nitrogen and oxygen atoms in total. The molecule has 190 valence electrons. The summed E-state index contributed by atoms with van der Waals surface area (Å²) in [6.07, 6.45) is 9.95. The Morgan fingerprint density at radius 1 is 0.912 bits per heavy atom. The molecule has 5 rings (SSSR count). The number of hydrogen-bond donors (Lipinski definition) is 2. The van der Waals surface area contributed by atoms with Crippen molar-refractivity contribution in [3.05, 3.63) is 11.6 Å². The molecule has 4 saturated carbocycles. The number of rotatable bonds is 1. The molecule has 34 heavy (non-hydrogen) atoms. The van der Waals surface area contributed by atoms with Gasteiger partial charge in [0.2, 0.25) is 0 Å². The summed E-state index contributed by atoms with van der Waals surface area (Å²) in [5.74, 6) is 0.0603. The van der Waals surface area contributed by atoms with Gasteiger partial charge in [0.25, 0.3) is 0 Å².